The summed E-state index contributed by atoms with van der Waals surface area (Å²) in [6, 6.07) is 11.8. The fourth-order valence-corrected chi connectivity index (χ4v) is 2.42. The monoisotopic (exact) mass is 341 g/mol. The van der Waals surface area contributed by atoms with Gasteiger partial charge in [-0.05, 0) is 52.0 Å². The van der Waals surface area contributed by atoms with Crippen LogP contribution in [0.2, 0.25) is 0 Å². The molecule has 0 bridgehead atoms. The number of nitrogens with one attached hydrogen (secondary N) is 2. The highest BCUT2D eigenvalue weighted by Gasteiger charge is 2.10. The van der Waals surface area contributed by atoms with Gasteiger partial charge >= 0.3 is 0 Å². The van der Waals surface area contributed by atoms with Crippen molar-refractivity contribution in [1.82, 2.24) is 20.2 Å². The standard InChI is InChI=1S/C19H27N5O/c1-15-14-17(23-19(22-15)21-11-7-13-24(2)3)18(25)20-12-10-16-8-5-4-6-9-16/h4-6,8-9,14H,7,10-13H2,1-3H3,(H,20,25)(H,21,22,23). The van der Waals surface area contributed by atoms with Crippen molar-refractivity contribution in [2.24, 2.45) is 0 Å². The van der Waals surface area contributed by atoms with Gasteiger partial charge in [0.15, 0.2) is 0 Å². The van der Waals surface area contributed by atoms with Gasteiger partial charge < -0.3 is 15.5 Å². The highest BCUT2D eigenvalue weighted by molar-refractivity contribution is 5.92. The molecule has 0 atom stereocenters. The first-order valence-electron chi connectivity index (χ1n) is 8.61. The van der Waals surface area contributed by atoms with Crippen LogP contribution < -0.4 is 10.6 Å². The molecule has 0 aliphatic carbocycles. The Kier molecular flexibility index (Phi) is 7.35. The number of amides is 1. The third-order valence-corrected chi connectivity index (χ3v) is 3.69. The number of carbonyl (C=O) groups is 1. The summed E-state index contributed by atoms with van der Waals surface area (Å²) < 4.78 is 0. The predicted octanol–water partition coefficient (Wildman–Crippen LogP) is 2.12. The van der Waals surface area contributed by atoms with E-state index < -0.39 is 0 Å². The smallest absolute Gasteiger partial charge is 0.270 e. The molecular weight excluding hydrogens is 314 g/mol. The van der Waals surface area contributed by atoms with Gasteiger partial charge in [0, 0.05) is 18.8 Å². The molecule has 0 aliphatic rings. The van der Waals surface area contributed by atoms with Gasteiger partial charge in [-0.15, -0.1) is 0 Å². The molecule has 0 saturated carbocycles. The molecule has 0 spiro atoms. The fourth-order valence-electron chi connectivity index (χ4n) is 2.42. The minimum Gasteiger partial charge on any atom is -0.354 e. The molecule has 0 unspecified atom stereocenters. The summed E-state index contributed by atoms with van der Waals surface area (Å²) in [5.41, 5.74) is 2.37. The highest BCUT2D eigenvalue weighted by Crippen LogP contribution is 2.06. The van der Waals surface area contributed by atoms with Gasteiger partial charge in [0.05, 0.1) is 0 Å². The topological polar surface area (TPSA) is 70.2 Å². The van der Waals surface area contributed by atoms with Crippen molar-refractivity contribution in [3.63, 3.8) is 0 Å². The number of aryl methyl sites for hydroxylation is 1. The molecule has 6 heteroatoms. The zero-order valence-electron chi connectivity index (χ0n) is 15.2. The van der Waals surface area contributed by atoms with Crippen LogP contribution in [0.5, 0.6) is 0 Å². The lowest BCUT2D eigenvalue weighted by atomic mass is 10.1. The second-order valence-corrected chi connectivity index (χ2v) is 6.29. The van der Waals surface area contributed by atoms with Gasteiger partial charge in [-0.3, -0.25) is 4.79 Å². The molecule has 0 radical (unpaired) electrons. The summed E-state index contributed by atoms with van der Waals surface area (Å²) in [6.45, 7) is 4.22. The molecule has 2 rings (SSSR count). The number of anilines is 1. The van der Waals surface area contributed by atoms with E-state index in [1.807, 2.05) is 39.2 Å². The molecular formula is C19H27N5O. The van der Waals surface area contributed by atoms with E-state index in [1.54, 1.807) is 6.07 Å². The van der Waals surface area contributed by atoms with Crippen molar-refractivity contribution < 1.29 is 4.79 Å². The van der Waals surface area contributed by atoms with E-state index in [2.05, 4.69) is 37.6 Å². The summed E-state index contributed by atoms with van der Waals surface area (Å²) >= 11 is 0. The normalized spacial score (nSPS) is 10.7. The molecule has 25 heavy (non-hydrogen) atoms. The maximum atomic E-state index is 12.3. The summed E-state index contributed by atoms with van der Waals surface area (Å²) in [4.78, 5) is 23.1. The molecule has 1 amide bonds. The average Bonchev–Trinajstić information content (AvgIpc) is 2.59. The van der Waals surface area contributed by atoms with Crippen LogP contribution in [0.4, 0.5) is 5.95 Å². The van der Waals surface area contributed by atoms with E-state index >= 15 is 0 Å². The Morgan fingerprint density at radius 1 is 1.12 bits per heavy atom. The van der Waals surface area contributed by atoms with Crippen molar-refractivity contribution in [3.8, 4) is 0 Å². The van der Waals surface area contributed by atoms with Crippen LogP contribution >= 0.6 is 0 Å². The third kappa shape index (κ3) is 6.89. The zero-order valence-corrected chi connectivity index (χ0v) is 15.2. The van der Waals surface area contributed by atoms with Crippen LogP contribution in [0.25, 0.3) is 0 Å². The lowest BCUT2D eigenvalue weighted by molar-refractivity contribution is 0.0949. The number of aromatic nitrogens is 2. The SMILES string of the molecule is Cc1cc(C(=O)NCCc2ccccc2)nc(NCCCN(C)C)n1. The Labute approximate surface area is 149 Å². The minimum absolute atomic E-state index is 0.169. The lowest BCUT2D eigenvalue weighted by Gasteiger charge is -2.11. The second kappa shape index (κ2) is 9.74. The molecule has 0 saturated heterocycles. The fraction of sp³-hybridized carbons (Fsp3) is 0.421. The van der Waals surface area contributed by atoms with Crippen molar-refractivity contribution in [2.75, 3.05) is 39.0 Å². The molecule has 2 aromatic rings. The molecule has 0 fully saturated rings. The average molecular weight is 341 g/mol. The molecule has 134 valence electrons. The van der Waals surface area contributed by atoms with E-state index in [9.17, 15) is 4.79 Å². The number of hydrogen-bond donors (Lipinski definition) is 2. The van der Waals surface area contributed by atoms with Crippen molar-refractivity contribution in [1.29, 1.82) is 0 Å². The third-order valence-electron chi connectivity index (χ3n) is 3.69. The van der Waals surface area contributed by atoms with E-state index in [0.717, 1.165) is 31.6 Å². The Morgan fingerprint density at radius 2 is 1.88 bits per heavy atom. The van der Waals surface area contributed by atoms with Crippen LogP contribution in [0.15, 0.2) is 36.4 Å². The predicted molar refractivity (Wildman–Crippen MR) is 101 cm³/mol. The quantitative estimate of drug-likeness (QED) is 0.684. The number of rotatable bonds is 9. The summed E-state index contributed by atoms with van der Waals surface area (Å²) in [5.74, 6) is 0.338. The first kappa shape index (κ1) is 18.9. The van der Waals surface area contributed by atoms with Gasteiger partial charge in [-0.2, -0.15) is 0 Å². The minimum atomic E-state index is -0.169. The van der Waals surface area contributed by atoms with Crippen molar-refractivity contribution in [3.05, 3.63) is 53.3 Å². The Bertz CT molecular complexity index is 673. The molecule has 6 nitrogen and oxygen atoms in total. The Balaban J connectivity index is 1.86. The lowest BCUT2D eigenvalue weighted by Crippen LogP contribution is -2.27. The van der Waals surface area contributed by atoms with Crippen LogP contribution in [0, 0.1) is 6.92 Å². The Morgan fingerprint density at radius 3 is 2.60 bits per heavy atom. The van der Waals surface area contributed by atoms with Crippen LogP contribution in [0.1, 0.15) is 28.2 Å². The first-order chi connectivity index (χ1) is 12.0. The molecule has 1 aromatic heterocycles. The number of carbonyl (C=O) groups excluding carboxylic acids is 1. The van der Waals surface area contributed by atoms with E-state index in [1.165, 1.54) is 5.56 Å². The van der Waals surface area contributed by atoms with Gasteiger partial charge in [-0.25, -0.2) is 9.97 Å². The number of benzene rings is 1. The summed E-state index contributed by atoms with van der Waals surface area (Å²) in [6.07, 6.45) is 1.79. The second-order valence-electron chi connectivity index (χ2n) is 6.29. The maximum absolute atomic E-state index is 12.3. The largest absolute Gasteiger partial charge is 0.354 e. The van der Waals surface area contributed by atoms with Gasteiger partial charge in [0.25, 0.3) is 5.91 Å². The van der Waals surface area contributed by atoms with Gasteiger partial charge in [0.1, 0.15) is 5.69 Å². The first-order valence-corrected chi connectivity index (χ1v) is 8.61. The summed E-state index contributed by atoms with van der Waals surface area (Å²) in [5, 5.41) is 6.11. The molecule has 2 N–H and O–H groups in total. The number of hydrogen-bond acceptors (Lipinski definition) is 5. The van der Waals surface area contributed by atoms with E-state index in [0.29, 0.717) is 18.2 Å². The maximum Gasteiger partial charge on any atom is 0.270 e. The van der Waals surface area contributed by atoms with E-state index in [4.69, 9.17) is 0 Å². The van der Waals surface area contributed by atoms with E-state index in [-0.39, 0.29) is 5.91 Å². The van der Waals surface area contributed by atoms with Crippen molar-refractivity contribution in [2.45, 2.75) is 19.8 Å². The molecule has 0 aliphatic heterocycles. The van der Waals surface area contributed by atoms with Crippen molar-refractivity contribution >= 4 is 11.9 Å². The highest BCUT2D eigenvalue weighted by atomic mass is 16.1. The molecule has 1 aromatic carbocycles. The van der Waals surface area contributed by atoms with Gasteiger partial charge in [-0.1, -0.05) is 30.3 Å². The molecule has 1 heterocycles. The number of nitrogens with zero attached hydrogens (tertiary/aromatic N) is 3. The van der Waals surface area contributed by atoms with Crippen LogP contribution in [-0.4, -0.2) is 54.5 Å². The van der Waals surface area contributed by atoms with Crippen LogP contribution in [-0.2, 0) is 6.42 Å². The zero-order chi connectivity index (χ0) is 18.1. The Hall–Kier alpha value is -2.47. The van der Waals surface area contributed by atoms with Crippen LogP contribution in [0.3, 0.4) is 0 Å². The van der Waals surface area contributed by atoms with Gasteiger partial charge in [0.2, 0.25) is 5.95 Å². The summed E-state index contributed by atoms with van der Waals surface area (Å²) in [7, 11) is 4.09.